The van der Waals surface area contributed by atoms with Crippen LogP contribution in [0.1, 0.15) is 30.2 Å². The second-order valence-electron chi connectivity index (χ2n) is 7.29. The first-order chi connectivity index (χ1) is 15.1. The third-order valence-corrected chi connectivity index (χ3v) is 5.56. The Kier molecular flexibility index (Phi) is 8.06. The molecule has 2 amide bonds. The lowest BCUT2D eigenvalue weighted by molar-refractivity contribution is 0.195. The lowest BCUT2D eigenvalue weighted by atomic mass is 10.1. The number of nitrogens with two attached hydrogens (primary N) is 1. The molecule has 6 nitrogen and oxygen atoms in total. The molecule has 0 unspecified atom stereocenters. The number of nitrogens with one attached hydrogen (secondary N) is 2. The van der Waals surface area contributed by atoms with E-state index in [9.17, 15) is 4.79 Å². The summed E-state index contributed by atoms with van der Waals surface area (Å²) in [5.41, 5.74) is 11.0. The number of carbonyl (C=O) groups excluding carboxylic acids is 1. The van der Waals surface area contributed by atoms with Gasteiger partial charge in [0.2, 0.25) is 0 Å². The van der Waals surface area contributed by atoms with E-state index in [0.717, 1.165) is 29.8 Å². The van der Waals surface area contributed by atoms with E-state index in [0.29, 0.717) is 31.0 Å². The maximum absolute atomic E-state index is 12.7. The van der Waals surface area contributed by atoms with Crippen LogP contribution in [0.4, 0.5) is 16.2 Å². The summed E-state index contributed by atoms with van der Waals surface area (Å²) >= 11 is 1.53. The van der Waals surface area contributed by atoms with E-state index in [1.54, 1.807) is 6.20 Å². The number of nitrogens with zero attached hydrogens (tertiary/aromatic N) is 2. The van der Waals surface area contributed by atoms with Crippen molar-refractivity contribution in [3.05, 3.63) is 82.8 Å². The second-order valence-corrected chi connectivity index (χ2v) is 8.03. The van der Waals surface area contributed by atoms with Gasteiger partial charge in [-0.15, -0.1) is 11.3 Å². The number of amides is 2. The van der Waals surface area contributed by atoms with E-state index in [1.807, 2.05) is 46.0 Å². The van der Waals surface area contributed by atoms with Crippen molar-refractivity contribution in [1.82, 2.24) is 15.2 Å². The van der Waals surface area contributed by atoms with Gasteiger partial charge in [-0.2, -0.15) is 0 Å². The predicted octanol–water partition coefficient (Wildman–Crippen LogP) is 4.97. The molecule has 0 fully saturated rings. The molecule has 2 aromatic heterocycles. The van der Waals surface area contributed by atoms with Gasteiger partial charge >= 0.3 is 6.03 Å². The average Bonchev–Trinajstić information content (AvgIpc) is 3.19. The van der Waals surface area contributed by atoms with Crippen molar-refractivity contribution in [3.8, 4) is 0 Å². The van der Waals surface area contributed by atoms with Crippen molar-refractivity contribution in [2.75, 3.05) is 24.1 Å². The maximum Gasteiger partial charge on any atom is 0.317 e. The summed E-state index contributed by atoms with van der Waals surface area (Å²) in [5.74, 6) is 0. The van der Waals surface area contributed by atoms with Crippen LogP contribution in [0, 0.1) is 0 Å². The van der Waals surface area contributed by atoms with Crippen molar-refractivity contribution in [1.29, 1.82) is 0 Å². The first-order valence-corrected chi connectivity index (χ1v) is 11.3. The summed E-state index contributed by atoms with van der Waals surface area (Å²) in [6.07, 6.45) is 3.49. The number of hydrogen-bond donors (Lipinski definition) is 3. The molecule has 0 spiro atoms. The molecule has 3 aromatic rings. The molecular formula is C24H29N5OS. The Labute approximate surface area is 187 Å². The maximum atomic E-state index is 12.7. The summed E-state index contributed by atoms with van der Waals surface area (Å²) in [4.78, 5) is 19.0. The standard InChI is InChI=1S/C24H29N5OS/c1-3-13-29(24(30)26-12-11-19-7-5-4-6-8-19)15-20-9-10-22(27-14-20)18(2)28-23-17-31-16-21(23)25/h4-10,14,16-17,28H,2-3,11-13,15,25H2,1H3,(H,26,30). The number of urea groups is 1. The van der Waals surface area contributed by atoms with Crippen LogP contribution in [0.5, 0.6) is 0 Å². The molecule has 2 heterocycles. The molecular weight excluding hydrogens is 406 g/mol. The molecule has 0 atom stereocenters. The molecule has 0 bridgehead atoms. The highest BCUT2D eigenvalue weighted by Gasteiger charge is 2.13. The molecule has 0 saturated heterocycles. The van der Waals surface area contributed by atoms with Gasteiger partial charge in [-0.25, -0.2) is 4.79 Å². The third kappa shape index (κ3) is 6.58. The molecule has 3 rings (SSSR count). The minimum Gasteiger partial charge on any atom is -0.396 e. The van der Waals surface area contributed by atoms with Gasteiger partial charge in [0, 0.05) is 36.6 Å². The number of aromatic nitrogens is 1. The summed E-state index contributed by atoms with van der Waals surface area (Å²) in [5, 5.41) is 10.0. The number of rotatable bonds is 10. The van der Waals surface area contributed by atoms with E-state index in [-0.39, 0.29) is 6.03 Å². The lowest BCUT2D eigenvalue weighted by Gasteiger charge is -2.23. The lowest BCUT2D eigenvalue weighted by Crippen LogP contribution is -2.40. The number of anilines is 2. The topological polar surface area (TPSA) is 83.3 Å². The van der Waals surface area contributed by atoms with Crippen LogP contribution < -0.4 is 16.4 Å². The van der Waals surface area contributed by atoms with Crippen LogP contribution in [-0.2, 0) is 13.0 Å². The van der Waals surface area contributed by atoms with E-state index in [2.05, 4.69) is 41.3 Å². The Balaban J connectivity index is 1.54. The first-order valence-electron chi connectivity index (χ1n) is 10.4. The number of hydrogen-bond acceptors (Lipinski definition) is 5. The summed E-state index contributed by atoms with van der Waals surface area (Å²) in [6, 6.07) is 14.0. The van der Waals surface area contributed by atoms with Crippen LogP contribution in [-0.4, -0.2) is 29.0 Å². The number of benzene rings is 1. The van der Waals surface area contributed by atoms with Gasteiger partial charge in [0.05, 0.1) is 22.8 Å². The molecule has 0 aliphatic heterocycles. The predicted molar refractivity (Wildman–Crippen MR) is 130 cm³/mol. The average molecular weight is 436 g/mol. The first kappa shape index (κ1) is 22.4. The fourth-order valence-corrected chi connectivity index (χ4v) is 3.82. The molecule has 31 heavy (non-hydrogen) atoms. The van der Waals surface area contributed by atoms with E-state index >= 15 is 0 Å². The smallest absolute Gasteiger partial charge is 0.317 e. The fraction of sp³-hybridized carbons (Fsp3) is 0.250. The number of carbonyl (C=O) groups is 1. The van der Waals surface area contributed by atoms with Crippen LogP contribution in [0.2, 0.25) is 0 Å². The second kappa shape index (κ2) is 11.2. The molecule has 7 heteroatoms. The normalized spacial score (nSPS) is 10.5. The minimum atomic E-state index is -0.0548. The monoisotopic (exact) mass is 435 g/mol. The van der Waals surface area contributed by atoms with Gasteiger partial charge < -0.3 is 21.3 Å². The number of thiophene rings is 1. The van der Waals surface area contributed by atoms with Gasteiger partial charge in [0.25, 0.3) is 0 Å². The third-order valence-electron chi connectivity index (χ3n) is 4.80. The molecule has 0 radical (unpaired) electrons. The molecule has 4 N–H and O–H groups in total. The number of nitrogen functional groups attached to an aromatic ring is 1. The zero-order valence-electron chi connectivity index (χ0n) is 17.8. The van der Waals surface area contributed by atoms with Crippen molar-refractivity contribution in [2.24, 2.45) is 0 Å². The summed E-state index contributed by atoms with van der Waals surface area (Å²) in [7, 11) is 0. The SMILES string of the molecule is C=C(Nc1cscc1N)c1ccc(CN(CCC)C(=O)NCCc2ccccc2)cn1. The summed E-state index contributed by atoms with van der Waals surface area (Å²) in [6.45, 7) is 7.92. The van der Waals surface area contributed by atoms with Crippen molar-refractivity contribution < 1.29 is 4.79 Å². The number of pyridine rings is 1. The van der Waals surface area contributed by atoms with Gasteiger partial charge in [0.15, 0.2) is 0 Å². The van der Waals surface area contributed by atoms with Crippen LogP contribution >= 0.6 is 11.3 Å². The highest BCUT2D eigenvalue weighted by Crippen LogP contribution is 2.26. The quantitative estimate of drug-likeness (QED) is 0.420. The van der Waals surface area contributed by atoms with Gasteiger partial charge in [0.1, 0.15) is 0 Å². The van der Waals surface area contributed by atoms with Crippen molar-refractivity contribution in [2.45, 2.75) is 26.3 Å². The zero-order chi connectivity index (χ0) is 22.1. The van der Waals surface area contributed by atoms with Crippen LogP contribution in [0.25, 0.3) is 5.70 Å². The Hall–Kier alpha value is -3.32. The minimum absolute atomic E-state index is 0.0548. The Morgan fingerprint density at radius 3 is 2.61 bits per heavy atom. The van der Waals surface area contributed by atoms with Gasteiger partial charge in [-0.05, 0) is 30.0 Å². The largest absolute Gasteiger partial charge is 0.396 e. The van der Waals surface area contributed by atoms with Crippen LogP contribution in [0.3, 0.4) is 0 Å². The molecule has 1 aromatic carbocycles. The molecule has 162 valence electrons. The van der Waals surface area contributed by atoms with Crippen LogP contribution in [0.15, 0.2) is 66.0 Å². The van der Waals surface area contributed by atoms with E-state index in [1.165, 1.54) is 16.9 Å². The molecule has 0 aliphatic carbocycles. The Morgan fingerprint density at radius 1 is 1.16 bits per heavy atom. The molecule has 0 aliphatic rings. The van der Waals surface area contributed by atoms with Crippen molar-refractivity contribution >= 4 is 34.4 Å². The fourth-order valence-electron chi connectivity index (χ4n) is 3.14. The Bertz CT molecular complexity index is 985. The van der Waals surface area contributed by atoms with E-state index < -0.39 is 0 Å². The highest BCUT2D eigenvalue weighted by molar-refractivity contribution is 7.08. The Morgan fingerprint density at radius 2 is 1.97 bits per heavy atom. The molecule has 0 saturated carbocycles. The van der Waals surface area contributed by atoms with Gasteiger partial charge in [-0.3, -0.25) is 4.98 Å². The van der Waals surface area contributed by atoms with E-state index in [4.69, 9.17) is 5.73 Å². The summed E-state index contributed by atoms with van der Waals surface area (Å²) < 4.78 is 0. The highest BCUT2D eigenvalue weighted by atomic mass is 32.1. The van der Waals surface area contributed by atoms with Crippen molar-refractivity contribution in [3.63, 3.8) is 0 Å². The van der Waals surface area contributed by atoms with Gasteiger partial charge in [-0.1, -0.05) is 49.9 Å². The zero-order valence-corrected chi connectivity index (χ0v) is 18.6.